The Morgan fingerprint density at radius 3 is 2.70 bits per heavy atom. The summed E-state index contributed by atoms with van der Waals surface area (Å²) in [6, 6.07) is 4.65. The lowest BCUT2D eigenvalue weighted by Crippen LogP contribution is -2.15. The molecule has 0 unspecified atom stereocenters. The molecule has 0 bridgehead atoms. The number of nitrogens with one attached hydrogen (secondary N) is 1. The molecule has 1 aromatic heterocycles. The first-order valence-corrected chi connectivity index (χ1v) is 5.93. The van der Waals surface area contributed by atoms with Crippen LogP contribution in [0.15, 0.2) is 34.9 Å². The summed E-state index contributed by atoms with van der Waals surface area (Å²) in [5.41, 5.74) is 0.0558. The van der Waals surface area contributed by atoms with E-state index in [-0.39, 0.29) is 11.3 Å². The van der Waals surface area contributed by atoms with Gasteiger partial charge in [-0.25, -0.2) is 9.18 Å². The van der Waals surface area contributed by atoms with E-state index in [4.69, 9.17) is 9.52 Å². The van der Waals surface area contributed by atoms with E-state index in [9.17, 15) is 14.0 Å². The average molecular weight is 277 g/mol. The highest BCUT2D eigenvalue weighted by Gasteiger charge is 2.17. The van der Waals surface area contributed by atoms with Gasteiger partial charge in [0.05, 0.1) is 23.1 Å². The molecule has 0 fully saturated rings. The van der Waals surface area contributed by atoms with E-state index >= 15 is 0 Å². The fourth-order valence-corrected chi connectivity index (χ4v) is 1.81. The Hall–Kier alpha value is -2.63. The molecule has 0 radical (unpaired) electrons. The molecule has 0 aliphatic carbocycles. The van der Waals surface area contributed by atoms with Gasteiger partial charge in [-0.1, -0.05) is 6.92 Å². The van der Waals surface area contributed by atoms with E-state index in [1.165, 1.54) is 18.4 Å². The normalized spacial score (nSPS) is 10.3. The average Bonchev–Trinajstić information content (AvgIpc) is 2.89. The summed E-state index contributed by atoms with van der Waals surface area (Å²) in [6.45, 7) is 1.83. The van der Waals surface area contributed by atoms with Crippen LogP contribution in [0.3, 0.4) is 0 Å². The quantitative estimate of drug-likeness (QED) is 0.900. The topological polar surface area (TPSA) is 79.5 Å². The number of aromatic carboxylic acids is 1. The van der Waals surface area contributed by atoms with Crippen LogP contribution >= 0.6 is 0 Å². The third-order valence-electron chi connectivity index (χ3n) is 2.77. The van der Waals surface area contributed by atoms with Gasteiger partial charge < -0.3 is 14.8 Å². The summed E-state index contributed by atoms with van der Waals surface area (Å²) in [5.74, 6) is -1.99. The van der Waals surface area contributed by atoms with Gasteiger partial charge in [-0.15, -0.1) is 0 Å². The van der Waals surface area contributed by atoms with Gasteiger partial charge in [-0.05, 0) is 24.3 Å². The molecule has 20 heavy (non-hydrogen) atoms. The predicted molar refractivity (Wildman–Crippen MR) is 69.4 cm³/mol. The number of amides is 1. The Kier molecular flexibility index (Phi) is 3.84. The molecule has 2 N–H and O–H groups in total. The molecular formula is C14H12FNO4. The molecule has 5 nitrogen and oxygen atoms in total. The first-order chi connectivity index (χ1) is 9.52. The van der Waals surface area contributed by atoms with Gasteiger partial charge in [0.2, 0.25) is 0 Å². The van der Waals surface area contributed by atoms with E-state index in [0.29, 0.717) is 17.7 Å². The van der Waals surface area contributed by atoms with Crippen LogP contribution in [0.1, 0.15) is 33.4 Å². The number of furan rings is 1. The molecule has 1 amide bonds. The highest BCUT2D eigenvalue weighted by atomic mass is 19.1. The standard InChI is InChI=1S/C14H12FNO4/c1-2-12-9(5-6-20-12)13(17)16-11-4-3-8(15)7-10(11)14(18)19/h3-7H,2H2,1H3,(H,16,17)(H,18,19). The maximum atomic E-state index is 13.0. The van der Waals surface area contributed by atoms with Crippen molar-refractivity contribution < 1.29 is 23.5 Å². The van der Waals surface area contributed by atoms with Gasteiger partial charge in [-0.3, -0.25) is 4.79 Å². The number of benzene rings is 1. The Labute approximate surface area is 114 Å². The summed E-state index contributed by atoms with van der Waals surface area (Å²) >= 11 is 0. The van der Waals surface area contributed by atoms with Crippen LogP contribution in [-0.4, -0.2) is 17.0 Å². The number of anilines is 1. The number of rotatable bonds is 4. The zero-order valence-corrected chi connectivity index (χ0v) is 10.6. The second kappa shape index (κ2) is 5.56. The Bertz CT molecular complexity index is 663. The van der Waals surface area contributed by atoms with Gasteiger partial charge >= 0.3 is 5.97 Å². The van der Waals surface area contributed by atoms with Gasteiger partial charge in [0, 0.05) is 6.42 Å². The van der Waals surface area contributed by atoms with Crippen LogP contribution in [0.5, 0.6) is 0 Å². The molecule has 2 aromatic rings. The molecule has 0 saturated carbocycles. The Balaban J connectivity index is 2.31. The van der Waals surface area contributed by atoms with Crippen molar-refractivity contribution in [3.63, 3.8) is 0 Å². The lowest BCUT2D eigenvalue weighted by atomic mass is 10.1. The Morgan fingerprint density at radius 1 is 1.30 bits per heavy atom. The summed E-state index contributed by atoms with van der Waals surface area (Å²) in [7, 11) is 0. The maximum Gasteiger partial charge on any atom is 0.337 e. The number of hydrogen-bond acceptors (Lipinski definition) is 3. The van der Waals surface area contributed by atoms with E-state index in [2.05, 4.69) is 5.32 Å². The molecule has 1 aromatic carbocycles. The number of aryl methyl sites for hydroxylation is 1. The van der Waals surface area contributed by atoms with E-state index in [0.717, 1.165) is 12.1 Å². The van der Waals surface area contributed by atoms with Crippen molar-refractivity contribution in [2.45, 2.75) is 13.3 Å². The predicted octanol–water partition coefficient (Wildman–Crippen LogP) is 2.93. The maximum absolute atomic E-state index is 13.0. The second-order valence-corrected chi connectivity index (χ2v) is 4.06. The first kappa shape index (κ1) is 13.8. The molecule has 0 spiro atoms. The fraction of sp³-hybridized carbons (Fsp3) is 0.143. The lowest BCUT2D eigenvalue weighted by Gasteiger charge is -2.08. The van der Waals surface area contributed by atoms with Gasteiger partial charge in [0.25, 0.3) is 5.91 Å². The first-order valence-electron chi connectivity index (χ1n) is 5.93. The third kappa shape index (κ3) is 2.69. The van der Waals surface area contributed by atoms with Crippen molar-refractivity contribution in [3.05, 3.63) is 53.2 Å². The number of carboxylic acid groups (broad SMARTS) is 1. The number of hydrogen-bond donors (Lipinski definition) is 2. The number of carbonyl (C=O) groups excluding carboxylic acids is 1. The van der Waals surface area contributed by atoms with Crippen molar-refractivity contribution in [2.75, 3.05) is 5.32 Å². The SMILES string of the molecule is CCc1occc1C(=O)Nc1ccc(F)cc1C(=O)O. The monoisotopic (exact) mass is 277 g/mol. The molecule has 1 heterocycles. The van der Waals surface area contributed by atoms with E-state index in [1.807, 2.05) is 6.92 Å². The van der Waals surface area contributed by atoms with Crippen molar-refractivity contribution in [1.29, 1.82) is 0 Å². The zero-order valence-electron chi connectivity index (χ0n) is 10.6. The minimum atomic E-state index is -1.32. The van der Waals surface area contributed by atoms with E-state index < -0.39 is 17.7 Å². The highest BCUT2D eigenvalue weighted by molar-refractivity contribution is 6.08. The lowest BCUT2D eigenvalue weighted by molar-refractivity contribution is 0.0697. The number of carboxylic acids is 1. The highest BCUT2D eigenvalue weighted by Crippen LogP contribution is 2.19. The molecule has 0 aliphatic heterocycles. The van der Waals surface area contributed by atoms with E-state index in [1.54, 1.807) is 0 Å². The molecule has 0 saturated heterocycles. The van der Waals surface area contributed by atoms with Crippen molar-refractivity contribution in [2.24, 2.45) is 0 Å². The van der Waals surface area contributed by atoms with Crippen molar-refractivity contribution in [3.8, 4) is 0 Å². The van der Waals surface area contributed by atoms with Crippen molar-refractivity contribution >= 4 is 17.6 Å². The summed E-state index contributed by atoms with van der Waals surface area (Å²) in [5, 5.41) is 11.4. The Morgan fingerprint density at radius 2 is 2.05 bits per heavy atom. The smallest absolute Gasteiger partial charge is 0.337 e. The molecule has 6 heteroatoms. The molecule has 104 valence electrons. The summed E-state index contributed by atoms with van der Waals surface area (Å²) < 4.78 is 18.2. The van der Waals surface area contributed by atoms with Crippen LogP contribution < -0.4 is 5.32 Å². The summed E-state index contributed by atoms with van der Waals surface area (Å²) in [4.78, 5) is 23.1. The minimum Gasteiger partial charge on any atom is -0.478 e. The number of carbonyl (C=O) groups is 2. The van der Waals surface area contributed by atoms with Crippen LogP contribution in [0, 0.1) is 5.82 Å². The molecule has 0 aliphatic rings. The minimum absolute atomic E-state index is 0.0344. The van der Waals surface area contributed by atoms with Gasteiger partial charge in [0.1, 0.15) is 11.6 Å². The second-order valence-electron chi connectivity index (χ2n) is 4.06. The number of halogens is 1. The molecule has 2 rings (SSSR count). The van der Waals surface area contributed by atoms with Crippen LogP contribution in [0.4, 0.5) is 10.1 Å². The van der Waals surface area contributed by atoms with Crippen LogP contribution in [0.2, 0.25) is 0 Å². The van der Waals surface area contributed by atoms with Crippen LogP contribution in [0.25, 0.3) is 0 Å². The summed E-state index contributed by atoms with van der Waals surface area (Å²) in [6.07, 6.45) is 1.92. The van der Waals surface area contributed by atoms with Crippen molar-refractivity contribution in [1.82, 2.24) is 0 Å². The van der Waals surface area contributed by atoms with Gasteiger partial charge in [0.15, 0.2) is 0 Å². The third-order valence-corrected chi connectivity index (χ3v) is 2.77. The van der Waals surface area contributed by atoms with Gasteiger partial charge in [-0.2, -0.15) is 0 Å². The van der Waals surface area contributed by atoms with Crippen LogP contribution in [-0.2, 0) is 6.42 Å². The molecule has 0 atom stereocenters. The fourth-order valence-electron chi connectivity index (χ4n) is 1.81. The largest absolute Gasteiger partial charge is 0.478 e. The molecular weight excluding hydrogens is 265 g/mol. The zero-order chi connectivity index (χ0) is 14.7.